The van der Waals surface area contributed by atoms with Crippen molar-refractivity contribution in [2.45, 2.75) is 30.5 Å². The highest BCUT2D eigenvalue weighted by atomic mass is 32.2. The Hall–Kier alpha value is -3.77. The van der Waals surface area contributed by atoms with Gasteiger partial charge in [-0.2, -0.15) is 0 Å². The number of halogens is 3. The maximum absolute atomic E-state index is 13.0. The van der Waals surface area contributed by atoms with Crippen LogP contribution in [0, 0.1) is 0 Å². The fourth-order valence-corrected chi connectivity index (χ4v) is 4.71. The average Bonchev–Trinajstić information content (AvgIpc) is 2.82. The van der Waals surface area contributed by atoms with Crippen molar-refractivity contribution in [3.8, 4) is 11.5 Å². The number of rotatable bonds is 11. The number of ether oxygens (including phenoxy) is 2. The van der Waals surface area contributed by atoms with E-state index < -0.39 is 34.0 Å². The van der Waals surface area contributed by atoms with Crippen molar-refractivity contribution in [1.29, 1.82) is 0 Å². The molecule has 0 aliphatic heterocycles. The van der Waals surface area contributed by atoms with Crippen LogP contribution in [-0.4, -0.2) is 39.0 Å². The van der Waals surface area contributed by atoms with Crippen LogP contribution in [0.25, 0.3) is 0 Å². The highest BCUT2D eigenvalue weighted by Gasteiger charge is 2.31. The second-order valence-electron chi connectivity index (χ2n) is 7.74. The Morgan fingerprint density at radius 2 is 1.73 bits per heavy atom. The molecule has 0 saturated carbocycles. The van der Waals surface area contributed by atoms with E-state index >= 15 is 0 Å². The summed E-state index contributed by atoms with van der Waals surface area (Å²) in [6.07, 6.45) is -4.75. The van der Waals surface area contributed by atoms with E-state index in [0.29, 0.717) is 5.56 Å². The Morgan fingerprint density at radius 1 is 1.00 bits per heavy atom. The van der Waals surface area contributed by atoms with Gasteiger partial charge in [-0.15, -0.1) is 13.2 Å². The van der Waals surface area contributed by atoms with Gasteiger partial charge >= 0.3 is 6.36 Å². The largest absolute Gasteiger partial charge is 0.573 e. The molecule has 1 unspecified atom stereocenters. The number of sulfonamides is 1. The second kappa shape index (κ2) is 12.0. The van der Waals surface area contributed by atoms with Gasteiger partial charge < -0.3 is 19.9 Å². The molecule has 0 aliphatic carbocycles. The van der Waals surface area contributed by atoms with Gasteiger partial charge in [-0.1, -0.05) is 36.4 Å². The van der Waals surface area contributed by atoms with Crippen LogP contribution in [0.2, 0.25) is 0 Å². The van der Waals surface area contributed by atoms with Crippen molar-refractivity contribution in [3.05, 3.63) is 78.4 Å². The zero-order valence-electron chi connectivity index (χ0n) is 19.7. The minimum absolute atomic E-state index is 0.0751. The number of hydrogen-bond acceptors (Lipinski definition) is 6. The van der Waals surface area contributed by atoms with Crippen molar-refractivity contribution in [3.63, 3.8) is 0 Å². The topological polar surface area (TPSA) is 114 Å². The summed E-state index contributed by atoms with van der Waals surface area (Å²) < 4.78 is 75.1. The second-order valence-corrected chi connectivity index (χ2v) is 9.39. The molecule has 0 heterocycles. The summed E-state index contributed by atoms with van der Waals surface area (Å²) in [5.74, 6) is -1.71. The van der Waals surface area contributed by atoms with E-state index in [2.05, 4.69) is 14.8 Å². The monoisotopic (exact) mass is 538 g/mol. The number of benzene rings is 3. The first-order valence-electron chi connectivity index (χ1n) is 11.1. The summed E-state index contributed by atoms with van der Waals surface area (Å²) in [7, 11) is -4.30. The molecule has 0 fully saturated rings. The lowest BCUT2D eigenvalue weighted by atomic mass is 9.95. The third-order valence-electron chi connectivity index (χ3n) is 5.06. The van der Waals surface area contributed by atoms with Gasteiger partial charge in [-0.3, -0.25) is 9.52 Å². The molecular formula is C25H25F3N2O6S. The van der Waals surface area contributed by atoms with E-state index in [-0.39, 0.29) is 41.7 Å². The van der Waals surface area contributed by atoms with Crippen molar-refractivity contribution in [2.24, 2.45) is 0 Å². The summed E-state index contributed by atoms with van der Waals surface area (Å²) >= 11 is 0. The molecule has 0 aliphatic rings. The van der Waals surface area contributed by atoms with Crippen LogP contribution in [-0.2, 0) is 14.8 Å². The quantitative estimate of drug-likeness (QED) is 0.320. The van der Waals surface area contributed by atoms with Crippen LogP contribution < -0.4 is 19.5 Å². The molecular weight excluding hydrogens is 513 g/mol. The van der Waals surface area contributed by atoms with Crippen molar-refractivity contribution in [2.75, 3.05) is 23.3 Å². The summed E-state index contributed by atoms with van der Waals surface area (Å²) in [4.78, 5) is 12.7. The van der Waals surface area contributed by atoms with Gasteiger partial charge in [0.1, 0.15) is 16.4 Å². The summed E-state index contributed by atoms with van der Waals surface area (Å²) in [6, 6.07) is 17.2. The standard InChI is InChI=1S/C25H25F3N2O6S/c1-2-35-22-16-18(29-24(32)21(13-14-31)17-7-4-3-5-8-17)11-12-23(22)37(33,34)30-19-9-6-10-20(15-19)36-25(26,27)28/h3-12,15-16,21,30-31H,2,13-14H2,1H3,(H,29,32). The van der Waals surface area contributed by atoms with Gasteiger partial charge in [0, 0.05) is 24.4 Å². The van der Waals surface area contributed by atoms with Gasteiger partial charge in [0.25, 0.3) is 10.0 Å². The first kappa shape index (κ1) is 27.8. The zero-order chi connectivity index (χ0) is 27.1. The third-order valence-corrected chi connectivity index (χ3v) is 6.48. The minimum atomic E-state index is -4.93. The van der Waals surface area contributed by atoms with Gasteiger partial charge in [0.2, 0.25) is 5.91 Å². The molecule has 3 rings (SSSR count). The lowest BCUT2D eigenvalue weighted by Gasteiger charge is -2.18. The van der Waals surface area contributed by atoms with Crippen LogP contribution in [0.15, 0.2) is 77.7 Å². The number of amides is 1. The van der Waals surface area contributed by atoms with Gasteiger partial charge in [0.15, 0.2) is 0 Å². The molecule has 0 saturated heterocycles. The fraction of sp³-hybridized carbons (Fsp3) is 0.240. The number of carbonyl (C=O) groups excluding carboxylic acids is 1. The molecule has 12 heteroatoms. The molecule has 8 nitrogen and oxygen atoms in total. The summed E-state index contributed by atoms with van der Waals surface area (Å²) in [6.45, 7) is 1.53. The van der Waals surface area contributed by atoms with Crippen LogP contribution in [0.3, 0.4) is 0 Å². The fourth-order valence-electron chi connectivity index (χ4n) is 3.54. The zero-order valence-corrected chi connectivity index (χ0v) is 20.5. The van der Waals surface area contributed by atoms with Crippen LogP contribution in [0.1, 0.15) is 24.8 Å². The highest BCUT2D eigenvalue weighted by molar-refractivity contribution is 7.92. The van der Waals surface area contributed by atoms with E-state index in [1.807, 2.05) is 0 Å². The molecule has 0 aromatic heterocycles. The van der Waals surface area contributed by atoms with Crippen LogP contribution >= 0.6 is 0 Å². The van der Waals surface area contributed by atoms with Crippen LogP contribution in [0.5, 0.6) is 11.5 Å². The number of anilines is 2. The SMILES string of the molecule is CCOc1cc(NC(=O)C(CCO)c2ccccc2)ccc1S(=O)(=O)Nc1cccc(OC(F)(F)F)c1. The Balaban J connectivity index is 1.85. The lowest BCUT2D eigenvalue weighted by molar-refractivity contribution is -0.274. The van der Waals surface area contributed by atoms with Crippen molar-refractivity contribution >= 4 is 27.3 Å². The van der Waals surface area contributed by atoms with Gasteiger partial charge in [-0.05, 0) is 43.2 Å². The molecule has 0 bridgehead atoms. The predicted octanol–water partition coefficient (Wildman–Crippen LogP) is 4.89. The van der Waals surface area contributed by atoms with Crippen LogP contribution in [0.4, 0.5) is 24.5 Å². The summed E-state index contributed by atoms with van der Waals surface area (Å²) in [5.41, 5.74) is 0.808. The molecule has 1 atom stereocenters. The number of carbonyl (C=O) groups is 1. The van der Waals surface area contributed by atoms with E-state index in [1.165, 1.54) is 30.3 Å². The molecule has 37 heavy (non-hydrogen) atoms. The maximum Gasteiger partial charge on any atom is 0.573 e. The van der Waals surface area contributed by atoms with E-state index in [9.17, 15) is 31.5 Å². The van der Waals surface area contributed by atoms with E-state index in [0.717, 1.165) is 12.1 Å². The first-order valence-corrected chi connectivity index (χ1v) is 12.6. The smallest absolute Gasteiger partial charge is 0.492 e. The number of hydrogen-bond donors (Lipinski definition) is 3. The molecule has 1 amide bonds. The molecule has 0 spiro atoms. The Kier molecular flexibility index (Phi) is 9.00. The van der Waals surface area contributed by atoms with Gasteiger partial charge in [0.05, 0.1) is 18.2 Å². The first-order chi connectivity index (χ1) is 17.5. The maximum atomic E-state index is 13.0. The molecule has 3 N–H and O–H groups in total. The average molecular weight is 539 g/mol. The normalized spacial score (nSPS) is 12.5. The van der Waals surface area contributed by atoms with E-state index in [1.54, 1.807) is 37.3 Å². The Morgan fingerprint density at radius 3 is 2.38 bits per heavy atom. The Bertz CT molecular complexity index is 1320. The number of alkyl halides is 3. The minimum Gasteiger partial charge on any atom is -0.492 e. The molecule has 198 valence electrons. The number of aliphatic hydroxyl groups excluding tert-OH is 1. The number of aliphatic hydroxyl groups is 1. The third kappa shape index (κ3) is 7.86. The number of nitrogens with one attached hydrogen (secondary N) is 2. The molecule has 0 radical (unpaired) electrons. The van der Waals surface area contributed by atoms with Gasteiger partial charge in [-0.25, -0.2) is 8.42 Å². The predicted molar refractivity (Wildman–Crippen MR) is 131 cm³/mol. The van der Waals surface area contributed by atoms with Crippen molar-refractivity contribution in [1.82, 2.24) is 0 Å². The molecule has 3 aromatic carbocycles. The highest BCUT2D eigenvalue weighted by Crippen LogP contribution is 2.32. The Labute approximate surface area is 212 Å². The summed E-state index contributed by atoms with van der Waals surface area (Å²) in [5, 5.41) is 12.1. The van der Waals surface area contributed by atoms with Crippen molar-refractivity contribution < 1.29 is 41.0 Å². The lowest BCUT2D eigenvalue weighted by Crippen LogP contribution is -2.22. The van der Waals surface area contributed by atoms with E-state index in [4.69, 9.17) is 4.74 Å². The molecule has 3 aromatic rings.